The molecule has 0 aliphatic heterocycles. The first-order valence-corrected chi connectivity index (χ1v) is 13.1. The summed E-state index contributed by atoms with van der Waals surface area (Å²) < 4.78 is 1.15. The van der Waals surface area contributed by atoms with Crippen molar-refractivity contribution in [3.05, 3.63) is 0 Å². The van der Waals surface area contributed by atoms with Gasteiger partial charge in [-0.2, -0.15) is 0 Å². The number of nitrogens with two attached hydrogens (primary N) is 3. The van der Waals surface area contributed by atoms with Crippen LogP contribution in [0, 0.1) is 0 Å². The van der Waals surface area contributed by atoms with Gasteiger partial charge in [-0.3, -0.25) is 0 Å². The third kappa shape index (κ3) is 9.58. The van der Waals surface area contributed by atoms with Crippen molar-refractivity contribution in [3.63, 3.8) is 0 Å². The molecular weight excluding hydrogens is 345 g/mol. The minimum absolute atomic E-state index is 0.382. The van der Waals surface area contributed by atoms with E-state index in [-0.39, 0.29) is 0 Å². The molecule has 0 spiro atoms. The van der Waals surface area contributed by atoms with Gasteiger partial charge in [0.25, 0.3) is 0 Å². The zero-order chi connectivity index (χ0) is 10.4. The van der Waals surface area contributed by atoms with Crippen LogP contribution in [0.4, 0.5) is 0 Å². The van der Waals surface area contributed by atoms with Crippen molar-refractivity contribution in [1.82, 2.24) is 0 Å². The summed E-state index contributed by atoms with van der Waals surface area (Å²) in [6.45, 7) is 0. The number of thiocarbonyl (C=S) groups is 3. The average molecular weight is 351 g/mol. The number of hydrogen-bond donors (Lipinski definition) is 3. The zero-order valence-electron chi connectivity index (χ0n) is 6.13. The van der Waals surface area contributed by atoms with E-state index in [0.29, 0.717) is 13.0 Å². The van der Waals surface area contributed by atoms with E-state index in [4.69, 9.17) is 53.9 Å². The van der Waals surface area contributed by atoms with Gasteiger partial charge in [-0.25, -0.2) is 0 Å². The summed E-state index contributed by atoms with van der Waals surface area (Å²) in [6, 6.07) is 0. The van der Waals surface area contributed by atoms with E-state index in [1.165, 1.54) is 30.1 Å². The number of rotatable bonds is 3. The Labute approximate surface area is 107 Å². The van der Waals surface area contributed by atoms with Crippen LogP contribution in [-0.4, -0.2) is 24.1 Å². The van der Waals surface area contributed by atoms with Gasteiger partial charge in [0.2, 0.25) is 0 Å². The van der Waals surface area contributed by atoms with Crippen molar-refractivity contribution >= 4 is 90.9 Å². The fourth-order valence-corrected chi connectivity index (χ4v) is 21.5. The molecule has 74 valence electrons. The zero-order valence-corrected chi connectivity index (χ0v) is 12.9. The van der Waals surface area contributed by atoms with Gasteiger partial charge in [-0.1, -0.05) is 0 Å². The van der Waals surface area contributed by atoms with Crippen LogP contribution in [0.3, 0.4) is 0 Å². The maximum absolute atomic E-state index is 5.38. The normalized spacial score (nSPS) is 9.92. The van der Waals surface area contributed by atoms with E-state index in [2.05, 4.69) is 0 Å². The Bertz CT molecular complexity index is 193. The Kier molecular flexibility index (Phi) is 8.30. The van der Waals surface area contributed by atoms with Crippen LogP contribution in [0.1, 0.15) is 0 Å². The second kappa shape index (κ2) is 7.55. The first-order chi connectivity index (χ1) is 5.91. The van der Waals surface area contributed by atoms with Crippen LogP contribution in [0.25, 0.3) is 0 Å². The third-order valence-corrected chi connectivity index (χ3v) is 18.2. The molecule has 10 heteroatoms. The fraction of sp³-hybridized carbons (Fsp3) is 0. The van der Waals surface area contributed by atoms with Gasteiger partial charge in [0.05, 0.1) is 0 Å². The Morgan fingerprint density at radius 1 is 0.769 bits per heavy atom. The van der Waals surface area contributed by atoms with Gasteiger partial charge in [-0.15, -0.1) is 0 Å². The van der Waals surface area contributed by atoms with E-state index in [0.717, 1.165) is 0 Å². The molecule has 0 fully saturated rings. The van der Waals surface area contributed by atoms with E-state index in [1.54, 1.807) is 0 Å². The predicted molar refractivity (Wildman–Crippen MR) is 78.9 cm³/mol. The summed E-state index contributed by atoms with van der Waals surface area (Å²) in [5, 5.41) is 0. The molecule has 0 amide bonds. The quantitative estimate of drug-likeness (QED) is 0.508. The van der Waals surface area contributed by atoms with Gasteiger partial charge in [0, 0.05) is 0 Å². The topological polar surface area (TPSA) is 78.1 Å². The van der Waals surface area contributed by atoms with Crippen molar-refractivity contribution in [2.24, 2.45) is 17.2 Å². The molecule has 0 atom stereocenters. The molecule has 0 saturated heterocycles. The van der Waals surface area contributed by atoms with Gasteiger partial charge in [-0.05, 0) is 0 Å². The third-order valence-electron chi connectivity index (χ3n) is 0.494. The molecule has 0 bridgehead atoms. The van der Waals surface area contributed by atoms with E-state index < -0.39 is 11.2 Å². The van der Waals surface area contributed by atoms with Crippen LogP contribution in [0.15, 0.2) is 0 Å². The van der Waals surface area contributed by atoms with Gasteiger partial charge < -0.3 is 0 Å². The molecule has 0 aromatic rings. The molecule has 0 radical (unpaired) electrons. The molecule has 0 aromatic carbocycles. The van der Waals surface area contributed by atoms with Crippen molar-refractivity contribution in [3.8, 4) is 0 Å². The summed E-state index contributed by atoms with van der Waals surface area (Å²) in [6.07, 6.45) is 0. The van der Waals surface area contributed by atoms with E-state index in [1.807, 2.05) is 0 Å². The second-order valence-corrected chi connectivity index (χ2v) is 19.1. The summed E-state index contributed by atoms with van der Waals surface area (Å²) in [7, 11) is 4.21. The average Bonchev–Trinajstić information content (AvgIpc) is 1.80. The van der Waals surface area contributed by atoms with Crippen LogP contribution in [0.2, 0.25) is 0 Å². The van der Waals surface area contributed by atoms with Gasteiger partial charge in [0.15, 0.2) is 0 Å². The van der Waals surface area contributed by atoms with E-state index >= 15 is 0 Å². The summed E-state index contributed by atoms with van der Waals surface area (Å²) in [5.41, 5.74) is 16.1. The van der Waals surface area contributed by atoms with Crippen molar-refractivity contribution in [2.45, 2.75) is 0 Å². The Hall–Kier alpha value is 1.28. The fourth-order valence-electron chi connectivity index (χ4n) is 0.276. The van der Waals surface area contributed by atoms with Crippen molar-refractivity contribution in [1.29, 1.82) is 0 Å². The molecule has 0 aromatic heterocycles. The molecule has 0 aliphatic carbocycles. The molecule has 0 rings (SSSR count). The van der Waals surface area contributed by atoms with Crippen LogP contribution < -0.4 is 17.2 Å². The molecule has 0 aliphatic rings. The molecular formula is C3H6AsN3S6. The van der Waals surface area contributed by atoms with Crippen LogP contribution in [-0.2, 0) is 0 Å². The van der Waals surface area contributed by atoms with E-state index in [9.17, 15) is 0 Å². The summed E-state index contributed by atoms with van der Waals surface area (Å²) in [5.74, 6) is 0. The van der Waals surface area contributed by atoms with Crippen molar-refractivity contribution in [2.75, 3.05) is 0 Å². The van der Waals surface area contributed by atoms with Crippen LogP contribution >= 0.6 is 66.7 Å². The molecule has 13 heavy (non-hydrogen) atoms. The number of hydrogen-bond acceptors (Lipinski definition) is 6. The molecule has 6 N–H and O–H groups in total. The van der Waals surface area contributed by atoms with Crippen LogP contribution in [0.5, 0.6) is 0 Å². The monoisotopic (exact) mass is 351 g/mol. The molecule has 0 saturated carbocycles. The predicted octanol–water partition coefficient (Wildman–Crippen LogP) is 0.902. The first-order valence-electron chi connectivity index (χ1n) is 2.64. The molecule has 0 heterocycles. The Morgan fingerprint density at radius 3 is 1.15 bits per heavy atom. The second-order valence-electron chi connectivity index (χ2n) is 1.45. The SMILES string of the molecule is NC(=S)S[As](SC(N)=S)SC(N)=S. The van der Waals surface area contributed by atoms with Gasteiger partial charge >= 0.3 is 108 Å². The molecule has 3 nitrogen and oxygen atoms in total. The Balaban J connectivity index is 4.10. The standard InChI is InChI=1S/C3H6AsN3S6/c5-1(8)11-4(12-2(6)9)13-3(7)10/h(H2,5,8)(H2,6,9)(H2,7,10). The molecule has 0 unspecified atom stereocenters. The van der Waals surface area contributed by atoms with Gasteiger partial charge in [0.1, 0.15) is 0 Å². The van der Waals surface area contributed by atoms with Crippen molar-refractivity contribution < 1.29 is 0 Å². The summed E-state index contributed by atoms with van der Waals surface area (Å²) in [4.78, 5) is 0. The Morgan fingerprint density at radius 2 is 1.00 bits per heavy atom. The maximum atomic E-state index is 5.38. The summed E-state index contributed by atoms with van der Waals surface area (Å²) >= 11 is 12.8. The first kappa shape index (κ1) is 14.3. The minimum atomic E-state index is -1.52.